The number of nitrogens with one attached hydrogen (secondary N) is 1. The van der Waals surface area contributed by atoms with E-state index in [2.05, 4.69) is 22.9 Å². The fourth-order valence-electron chi connectivity index (χ4n) is 2.38. The van der Waals surface area contributed by atoms with Crippen molar-refractivity contribution in [3.05, 3.63) is 48.3 Å². The molecule has 8 heteroatoms. The first-order chi connectivity index (χ1) is 12.8. The number of amides is 1. The maximum absolute atomic E-state index is 12.9. The van der Waals surface area contributed by atoms with Gasteiger partial charge >= 0.3 is 0 Å². The molecule has 0 aromatic heterocycles. The zero-order valence-electron chi connectivity index (χ0n) is 15.6. The number of carbonyl (C=O) groups is 1. The zero-order chi connectivity index (χ0) is 20.0. The van der Waals surface area contributed by atoms with Gasteiger partial charge in [0.2, 0.25) is 5.91 Å². The SMILES string of the molecule is COc1ccc(N(C)C(=O)C(C)N/C(S)=N/c2ccc(F)cc2)cc1OC. The number of amidine groups is 1. The number of ether oxygens (including phenoxy) is 2. The summed E-state index contributed by atoms with van der Waals surface area (Å²) in [5.74, 6) is 0.575. The van der Waals surface area contributed by atoms with Crippen LogP contribution < -0.4 is 19.7 Å². The maximum atomic E-state index is 12.9. The molecule has 0 heterocycles. The Balaban J connectivity index is 2.08. The van der Waals surface area contributed by atoms with Crippen molar-refractivity contribution in [3.8, 4) is 11.5 Å². The molecule has 6 nitrogen and oxygen atoms in total. The number of hydrogen-bond acceptors (Lipinski definition) is 4. The molecule has 0 saturated carbocycles. The number of thiol groups is 1. The van der Waals surface area contributed by atoms with Gasteiger partial charge in [0.25, 0.3) is 0 Å². The van der Waals surface area contributed by atoms with Crippen molar-refractivity contribution in [1.82, 2.24) is 5.32 Å². The van der Waals surface area contributed by atoms with E-state index in [-0.39, 0.29) is 16.9 Å². The fraction of sp³-hybridized carbons (Fsp3) is 0.263. The number of rotatable bonds is 6. The molecule has 1 amide bonds. The Bertz CT molecular complexity index is 827. The number of methoxy groups -OCH3 is 2. The first kappa shape index (κ1) is 20.6. The lowest BCUT2D eigenvalue weighted by Gasteiger charge is -2.23. The van der Waals surface area contributed by atoms with Gasteiger partial charge in [0, 0.05) is 18.8 Å². The highest BCUT2D eigenvalue weighted by Gasteiger charge is 2.20. The Hall–Kier alpha value is -2.74. The number of benzene rings is 2. The van der Waals surface area contributed by atoms with Crippen LogP contribution in [-0.4, -0.2) is 38.4 Å². The van der Waals surface area contributed by atoms with Crippen molar-refractivity contribution in [1.29, 1.82) is 0 Å². The summed E-state index contributed by atoms with van der Waals surface area (Å²) in [6.45, 7) is 1.70. The second-order valence-electron chi connectivity index (χ2n) is 5.71. The Morgan fingerprint density at radius 2 is 1.78 bits per heavy atom. The summed E-state index contributed by atoms with van der Waals surface area (Å²) in [5.41, 5.74) is 1.18. The molecule has 0 aliphatic carbocycles. The van der Waals surface area contributed by atoms with Gasteiger partial charge in [0.15, 0.2) is 16.7 Å². The quantitative estimate of drug-likeness (QED) is 0.450. The number of anilines is 1. The van der Waals surface area contributed by atoms with E-state index in [1.54, 1.807) is 39.3 Å². The van der Waals surface area contributed by atoms with Gasteiger partial charge in [-0.05, 0) is 43.3 Å². The van der Waals surface area contributed by atoms with E-state index in [9.17, 15) is 9.18 Å². The molecular weight excluding hydrogens is 369 g/mol. The highest BCUT2D eigenvalue weighted by atomic mass is 32.1. The molecule has 1 unspecified atom stereocenters. The lowest BCUT2D eigenvalue weighted by molar-refractivity contribution is -0.119. The van der Waals surface area contributed by atoms with Crippen LogP contribution in [0.1, 0.15) is 6.92 Å². The van der Waals surface area contributed by atoms with Crippen LogP contribution in [0.25, 0.3) is 0 Å². The molecule has 0 radical (unpaired) electrons. The average molecular weight is 391 g/mol. The maximum Gasteiger partial charge on any atom is 0.248 e. The predicted octanol–water partition coefficient (Wildman–Crippen LogP) is 3.40. The Morgan fingerprint density at radius 1 is 1.15 bits per heavy atom. The van der Waals surface area contributed by atoms with Gasteiger partial charge < -0.3 is 19.7 Å². The number of hydrogen-bond donors (Lipinski definition) is 2. The minimum absolute atomic E-state index is 0.192. The van der Waals surface area contributed by atoms with E-state index in [1.165, 1.54) is 36.3 Å². The van der Waals surface area contributed by atoms with E-state index < -0.39 is 6.04 Å². The summed E-state index contributed by atoms with van der Waals surface area (Å²) in [4.78, 5) is 18.4. The predicted molar refractivity (Wildman–Crippen MR) is 108 cm³/mol. The van der Waals surface area contributed by atoms with E-state index in [0.717, 1.165) is 0 Å². The largest absolute Gasteiger partial charge is 0.493 e. The monoisotopic (exact) mass is 391 g/mol. The summed E-state index contributed by atoms with van der Waals surface area (Å²) in [6.07, 6.45) is 0. The van der Waals surface area contributed by atoms with Crippen LogP contribution in [0.4, 0.5) is 15.8 Å². The third kappa shape index (κ3) is 5.37. The smallest absolute Gasteiger partial charge is 0.248 e. The molecule has 0 bridgehead atoms. The van der Waals surface area contributed by atoms with Crippen molar-refractivity contribution in [3.63, 3.8) is 0 Å². The normalized spacial score (nSPS) is 12.3. The molecule has 0 saturated heterocycles. The van der Waals surface area contributed by atoms with Gasteiger partial charge in [0.05, 0.1) is 19.9 Å². The first-order valence-electron chi connectivity index (χ1n) is 8.15. The van der Waals surface area contributed by atoms with E-state index in [0.29, 0.717) is 22.9 Å². The molecule has 0 fully saturated rings. The van der Waals surface area contributed by atoms with Gasteiger partial charge in [-0.15, -0.1) is 12.6 Å². The summed E-state index contributed by atoms with van der Waals surface area (Å²) in [6, 6.07) is 10.3. The van der Waals surface area contributed by atoms with E-state index >= 15 is 0 Å². The van der Waals surface area contributed by atoms with E-state index in [4.69, 9.17) is 9.47 Å². The Morgan fingerprint density at radius 3 is 2.37 bits per heavy atom. The standard InChI is InChI=1S/C19H22FN3O3S/c1-12(21-19(27)22-14-7-5-13(20)6-8-14)18(24)23(2)15-9-10-16(25-3)17(11-15)26-4/h5-12H,1-4H3,(H2,21,22,27). The van der Waals surface area contributed by atoms with Crippen LogP contribution in [-0.2, 0) is 4.79 Å². The Labute approximate surface area is 163 Å². The lowest BCUT2D eigenvalue weighted by atomic mass is 10.2. The lowest BCUT2D eigenvalue weighted by Crippen LogP contribution is -2.44. The third-order valence-corrected chi connectivity index (χ3v) is 4.09. The molecule has 2 aromatic carbocycles. The van der Waals surface area contributed by atoms with Crippen LogP contribution in [0, 0.1) is 5.82 Å². The average Bonchev–Trinajstić information content (AvgIpc) is 2.67. The van der Waals surface area contributed by atoms with E-state index in [1.807, 2.05) is 0 Å². The summed E-state index contributed by atoms with van der Waals surface area (Å²) < 4.78 is 23.4. The number of likely N-dealkylation sites (N-methyl/N-ethyl adjacent to an activating group) is 1. The number of nitrogens with zero attached hydrogens (tertiary/aromatic N) is 2. The molecule has 0 aliphatic heterocycles. The molecule has 0 spiro atoms. The number of aliphatic imine (C=N–C) groups is 1. The minimum atomic E-state index is -0.584. The number of carbonyl (C=O) groups excluding carboxylic acids is 1. The molecular formula is C19H22FN3O3S. The first-order valence-corrected chi connectivity index (χ1v) is 8.59. The number of halogens is 1. The van der Waals surface area contributed by atoms with Gasteiger partial charge in [0.1, 0.15) is 11.9 Å². The van der Waals surface area contributed by atoms with Gasteiger partial charge in [-0.3, -0.25) is 4.79 Å². The summed E-state index contributed by atoms with van der Waals surface area (Å²) in [5, 5.41) is 3.17. The fourth-order valence-corrected chi connectivity index (χ4v) is 2.69. The van der Waals surface area contributed by atoms with Gasteiger partial charge in [-0.2, -0.15) is 0 Å². The van der Waals surface area contributed by atoms with Crippen molar-refractivity contribution >= 4 is 35.1 Å². The third-order valence-electron chi connectivity index (χ3n) is 3.86. The molecule has 1 N–H and O–H groups in total. The summed E-state index contributed by atoms with van der Waals surface area (Å²) in [7, 11) is 4.75. The van der Waals surface area contributed by atoms with Gasteiger partial charge in [-0.1, -0.05) is 0 Å². The highest BCUT2D eigenvalue weighted by Crippen LogP contribution is 2.31. The highest BCUT2D eigenvalue weighted by molar-refractivity contribution is 7.96. The Kier molecular flexibility index (Phi) is 7.06. The van der Waals surface area contributed by atoms with Crippen LogP contribution in [0.5, 0.6) is 11.5 Å². The summed E-state index contributed by atoms with van der Waals surface area (Å²) >= 11 is 4.25. The molecule has 27 heavy (non-hydrogen) atoms. The minimum Gasteiger partial charge on any atom is -0.493 e. The van der Waals surface area contributed by atoms with Crippen molar-refractivity contribution < 1.29 is 18.7 Å². The van der Waals surface area contributed by atoms with Crippen LogP contribution in [0.2, 0.25) is 0 Å². The van der Waals surface area contributed by atoms with Crippen molar-refractivity contribution in [2.75, 3.05) is 26.2 Å². The molecule has 2 rings (SSSR count). The molecule has 0 aliphatic rings. The topological polar surface area (TPSA) is 63.2 Å². The van der Waals surface area contributed by atoms with Crippen molar-refractivity contribution in [2.45, 2.75) is 13.0 Å². The van der Waals surface area contributed by atoms with Crippen LogP contribution >= 0.6 is 12.6 Å². The zero-order valence-corrected chi connectivity index (χ0v) is 16.5. The molecule has 2 aromatic rings. The van der Waals surface area contributed by atoms with Crippen molar-refractivity contribution in [2.24, 2.45) is 4.99 Å². The second kappa shape index (κ2) is 9.27. The molecule has 1 atom stereocenters. The van der Waals surface area contributed by atoms with Crippen LogP contribution in [0.3, 0.4) is 0 Å². The molecule has 144 valence electrons. The van der Waals surface area contributed by atoms with Gasteiger partial charge in [-0.25, -0.2) is 9.38 Å². The van der Waals surface area contributed by atoms with Crippen LogP contribution in [0.15, 0.2) is 47.5 Å². The second-order valence-corrected chi connectivity index (χ2v) is 6.14.